The maximum absolute atomic E-state index is 12.4. The predicted molar refractivity (Wildman–Crippen MR) is 105 cm³/mol. The number of piperidine rings is 1. The van der Waals surface area contributed by atoms with E-state index >= 15 is 0 Å². The molecule has 1 aromatic carbocycles. The summed E-state index contributed by atoms with van der Waals surface area (Å²) in [5, 5.41) is 0. The van der Waals surface area contributed by atoms with E-state index in [0.29, 0.717) is 31.5 Å². The van der Waals surface area contributed by atoms with Crippen LogP contribution in [0.15, 0.2) is 36.9 Å². The number of hydrogen-bond acceptors (Lipinski definition) is 3. The van der Waals surface area contributed by atoms with E-state index in [4.69, 9.17) is 4.74 Å². The Morgan fingerprint density at radius 1 is 1.35 bits per heavy atom. The normalized spacial score (nSPS) is 20.7. The Bertz CT molecular complexity index is 591. The lowest BCUT2D eigenvalue weighted by Gasteiger charge is -2.38. The third-order valence-corrected chi connectivity index (χ3v) is 5.81. The number of likely N-dealkylation sites (tertiary alicyclic amines) is 1. The summed E-state index contributed by atoms with van der Waals surface area (Å²) in [4.78, 5) is 17.0. The van der Waals surface area contributed by atoms with Crippen LogP contribution in [0.4, 0.5) is 0 Å². The van der Waals surface area contributed by atoms with E-state index in [2.05, 4.69) is 35.7 Å². The van der Waals surface area contributed by atoms with E-state index in [1.807, 2.05) is 4.90 Å². The molecular formula is C22H32N2O2. The molecule has 142 valence electrons. The highest BCUT2D eigenvalue weighted by Gasteiger charge is 2.31. The molecule has 1 unspecified atom stereocenters. The number of ether oxygens (including phenoxy) is 1. The largest absolute Gasteiger partial charge is 0.383 e. The molecule has 0 N–H and O–H groups in total. The van der Waals surface area contributed by atoms with Gasteiger partial charge in [-0.25, -0.2) is 0 Å². The molecule has 1 heterocycles. The summed E-state index contributed by atoms with van der Waals surface area (Å²) in [6.45, 7) is 8.11. The third kappa shape index (κ3) is 4.74. The standard InChI is InChI=1S/C22H32N2O2/c1-3-7-22(25)24(12-13-26-2)17-18-8-6-11-23(16-18)21-14-19-9-4-5-10-20(19)15-21/h3-5,9-10,18,21H,1,6-8,11-17H2,2H3. The topological polar surface area (TPSA) is 32.8 Å². The van der Waals surface area contributed by atoms with Crippen LogP contribution < -0.4 is 0 Å². The molecule has 4 nitrogen and oxygen atoms in total. The van der Waals surface area contributed by atoms with Gasteiger partial charge >= 0.3 is 0 Å². The molecule has 1 fully saturated rings. The number of rotatable bonds is 8. The molecule has 3 rings (SSSR count). The lowest BCUT2D eigenvalue weighted by Crippen LogP contribution is -2.47. The molecule has 1 aliphatic heterocycles. The van der Waals surface area contributed by atoms with Crippen molar-refractivity contribution >= 4 is 5.91 Å². The van der Waals surface area contributed by atoms with E-state index in [0.717, 1.165) is 13.1 Å². The predicted octanol–water partition coefficient (Wildman–Crippen LogP) is 2.92. The van der Waals surface area contributed by atoms with Gasteiger partial charge in [-0.05, 0) is 49.3 Å². The Balaban J connectivity index is 1.57. The molecule has 0 saturated carbocycles. The number of methoxy groups -OCH3 is 1. The second kappa shape index (κ2) is 9.33. The fourth-order valence-corrected chi connectivity index (χ4v) is 4.46. The molecule has 1 aliphatic carbocycles. The molecular weight excluding hydrogens is 324 g/mol. The van der Waals surface area contributed by atoms with Gasteiger partial charge in [0.15, 0.2) is 0 Å². The molecule has 1 saturated heterocycles. The van der Waals surface area contributed by atoms with Crippen LogP contribution >= 0.6 is 0 Å². The molecule has 1 aromatic rings. The summed E-state index contributed by atoms with van der Waals surface area (Å²) in [7, 11) is 1.69. The highest BCUT2D eigenvalue weighted by atomic mass is 16.5. The Kier molecular flexibility index (Phi) is 6.86. The van der Waals surface area contributed by atoms with Gasteiger partial charge in [-0.15, -0.1) is 6.58 Å². The highest BCUT2D eigenvalue weighted by Crippen LogP contribution is 2.29. The Labute approximate surface area is 157 Å². The van der Waals surface area contributed by atoms with Crippen LogP contribution in [0, 0.1) is 5.92 Å². The minimum absolute atomic E-state index is 0.169. The molecule has 4 heteroatoms. The first-order valence-corrected chi connectivity index (χ1v) is 9.89. The molecule has 2 aliphatic rings. The zero-order chi connectivity index (χ0) is 18.4. The van der Waals surface area contributed by atoms with E-state index in [-0.39, 0.29) is 5.91 Å². The van der Waals surface area contributed by atoms with Crippen molar-refractivity contribution in [2.24, 2.45) is 5.92 Å². The maximum atomic E-state index is 12.4. The number of hydrogen-bond donors (Lipinski definition) is 0. The number of fused-ring (bicyclic) bond motifs is 1. The van der Waals surface area contributed by atoms with Crippen molar-refractivity contribution in [3.05, 3.63) is 48.0 Å². The Hall–Kier alpha value is -1.65. The summed E-state index contributed by atoms with van der Waals surface area (Å²) in [6, 6.07) is 9.48. The molecule has 0 bridgehead atoms. The van der Waals surface area contributed by atoms with Gasteiger partial charge in [0, 0.05) is 39.2 Å². The minimum Gasteiger partial charge on any atom is -0.383 e. The summed E-state index contributed by atoms with van der Waals surface area (Å²) in [6.07, 6.45) is 6.90. The zero-order valence-electron chi connectivity index (χ0n) is 16.0. The number of carbonyl (C=O) groups excluding carboxylic acids is 1. The first kappa shape index (κ1) is 19.1. The van der Waals surface area contributed by atoms with E-state index in [1.54, 1.807) is 13.2 Å². The van der Waals surface area contributed by atoms with Crippen LogP contribution in [0.1, 0.15) is 30.4 Å². The van der Waals surface area contributed by atoms with Gasteiger partial charge in [0.2, 0.25) is 5.91 Å². The van der Waals surface area contributed by atoms with Gasteiger partial charge in [0.25, 0.3) is 0 Å². The number of amides is 1. The SMILES string of the molecule is C=CCC(=O)N(CCOC)CC1CCCN(C2Cc3ccccc3C2)C1. The third-order valence-electron chi connectivity index (χ3n) is 5.81. The first-order chi connectivity index (χ1) is 12.7. The van der Waals surface area contributed by atoms with Gasteiger partial charge < -0.3 is 9.64 Å². The molecule has 1 atom stereocenters. The minimum atomic E-state index is 0.169. The summed E-state index contributed by atoms with van der Waals surface area (Å²) in [5.41, 5.74) is 3.03. The van der Waals surface area contributed by atoms with Crippen LogP contribution in [0.2, 0.25) is 0 Å². The van der Waals surface area contributed by atoms with Gasteiger partial charge in [-0.2, -0.15) is 0 Å². The van der Waals surface area contributed by atoms with Gasteiger partial charge in [-0.3, -0.25) is 9.69 Å². The fraction of sp³-hybridized carbons (Fsp3) is 0.591. The van der Waals surface area contributed by atoms with Crippen LogP contribution in [-0.2, 0) is 22.4 Å². The van der Waals surface area contributed by atoms with Crippen LogP contribution in [0.3, 0.4) is 0 Å². The molecule has 0 aromatic heterocycles. The Morgan fingerprint density at radius 3 is 2.73 bits per heavy atom. The second-order valence-electron chi connectivity index (χ2n) is 7.66. The second-order valence-corrected chi connectivity index (χ2v) is 7.66. The average molecular weight is 357 g/mol. The number of carbonyl (C=O) groups is 1. The number of benzene rings is 1. The zero-order valence-corrected chi connectivity index (χ0v) is 16.0. The van der Waals surface area contributed by atoms with Crippen LogP contribution in [0.25, 0.3) is 0 Å². The summed E-state index contributed by atoms with van der Waals surface area (Å²) in [5.74, 6) is 0.723. The van der Waals surface area contributed by atoms with E-state index in [9.17, 15) is 4.79 Å². The Morgan fingerprint density at radius 2 is 2.08 bits per heavy atom. The van der Waals surface area contributed by atoms with Crippen molar-refractivity contribution in [3.63, 3.8) is 0 Å². The van der Waals surface area contributed by atoms with Crippen LogP contribution in [0.5, 0.6) is 0 Å². The van der Waals surface area contributed by atoms with Crippen molar-refractivity contribution in [3.8, 4) is 0 Å². The van der Waals surface area contributed by atoms with E-state index < -0.39 is 0 Å². The van der Waals surface area contributed by atoms with Crippen molar-refractivity contribution in [1.29, 1.82) is 0 Å². The maximum Gasteiger partial charge on any atom is 0.226 e. The van der Waals surface area contributed by atoms with Crippen molar-refractivity contribution in [1.82, 2.24) is 9.80 Å². The smallest absolute Gasteiger partial charge is 0.226 e. The monoisotopic (exact) mass is 356 g/mol. The lowest BCUT2D eigenvalue weighted by atomic mass is 9.95. The average Bonchev–Trinajstić information content (AvgIpc) is 3.10. The van der Waals surface area contributed by atoms with Crippen molar-refractivity contribution in [2.45, 2.75) is 38.1 Å². The molecule has 0 radical (unpaired) electrons. The lowest BCUT2D eigenvalue weighted by molar-refractivity contribution is -0.131. The number of nitrogens with zero attached hydrogens (tertiary/aromatic N) is 2. The van der Waals surface area contributed by atoms with Gasteiger partial charge in [0.1, 0.15) is 0 Å². The molecule has 26 heavy (non-hydrogen) atoms. The first-order valence-electron chi connectivity index (χ1n) is 9.89. The van der Waals surface area contributed by atoms with Gasteiger partial charge in [-0.1, -0.05) is 30.3 Å². The van der Waals surface area contributed by atoms with E-state index in [1.165, 1.54) is 43.4 Å². The van der Waals surface area contributed by atoms with Gasteiger partial charge in [0.05, 0.1) is 6.61 Å². The fourth-order valence-electron chi connectivity index (χ4n) is 4.46. The molecule has 0 spiro atoms. The summed E-state index contributed by atoms with van der Waals surface area (Å²) < 4.78 is 5.20. The quantitative estimate of drug-likeness (QED) is 0.672. The van der Waals surface area contributed by atoms with Crippen LogP contribution in [-0.4, -0.2) is 61.6 Å². The highest BCUT2D eigenvalue weighted by molar-refractivity contribution is 5.77. The van der Waals surface area contributed by atoms with Crippen molar-refractivity contribution in [2.75, 3.05) is 39.9 Å². The summed E-state index contributed by atoms with van der Waals surface area (Å²) >= 11 is 0. The van der Waals surface area contributed by atoms with Crippen molar-refractivity contribution < 1.29 is 9.53 Å². The molecule has 1 amide bonds.